The normalized spacial score (nSPS) is 10.8. The van der Waals surface area contributed by atoms with E-state index in [4.69, 9.17) is 0 Å². The smallest absolute Gasteiger partial charge is 0.126 e. The van der Waals surface area contributed by atoms with E-state index in [0.717, 1.165) is 43.1 Å². The van der Waals surface area contributed by atoms with E-state index in [0.29, 0.717) is 0 Å². The predicted octanol–water partition coefficient (Wildman–Crippen LogP) is 3.33. The minimum Gasteiger partial charge on any atom is -0.370 e. The van der Waals surface area contributed by atoms with Gasteiger partial charge in [0, 0.05) is 12.2 Å². The van der Waals surface area contributed by atoms with Crippen molar-refractivity contribution in [2.24, 2.45) is 0 Å². The first-order valence-electron chi connectivity index (χ1n) is 7.38. The number of hydrogen-bond donors (Lipinski definition) is 1. The molecule has 0 aliphatic heterocycles. The molecule has 2 aromatic heterocycles. The molecule has 0 spiro atoms. The van der Waals surface area contributed by atoms with Crippen molar-refractivity contribution in [1.82, 2.24) is 14.8 Å². The first-order chi connectivity index (χ1) is 9.65. The molecule has 4 nitrogen and oxygen atoms in total. The van der Waals surface area contributed by atoms with Gasteiger partial charge in [-0.1, -0.05) is 19.9 Å². The van der Waals surface area contributed by atoms with Gasteiger partial charge in [-0.2, -0.15) is 5.10 Å². The van der Waals surface area contributed by atoms with Crippen LogP contribution in [0, 0.1) is 13.8 Å². The van der Waals surface area contributed by atoms with Crippen LogP contribution in [0.1, 0.15) is 42.9 Å². The van der Waals surface area contributed by atoms with Crippen molar-refractivity contribution in [2.75, 3.05) is 11.9 Å². The topological polar surface area (TPSA) is 42.7 Å². The van der Waals surface area contributed by atoms with Crippen molar-refractivity contribution < 1.29 is 0 Å². The van der Waals surface area contributed by atoms with Gasteiger partial charge in [0.15, 0.2) is 0 Å². The molecule has 1 N–H and O–H groups in total. The Labute approximate surface area is 121 Å². The van der Waals surface area contributed by atoms with Crippen LogP contribution >= 0.6 is 0 Å². The Hall–Kier alpha value is -1.84. The minimum atomic E-state index is 0.730. The third kappa shape index (κ3) is 3.18. The van der Waals surface area contributed by atoms with Crippen LogP contribution < -0.4 is 5.32 Å². The van der Waals surface area contributed by atoms with Crippen molar-refractivity contribution in [3.8, 4) is 0 Å². The van der Waals surface area contributed by atoms with Gasteiger partial charge >= 0.3 is 0 Å². The van der Waals surface area contributed by atoms with E-state index >= 15 is 0 Å². The molecule has 0 atom stereocenters. The molecule has 0 fully saturated rings. The second-order valence-electron chi connectivity index (χ2n) is 5.10. The fourth-order valence-corrected chi connectivity index (χ4v) is 2.47. The predicted molar refractivity (Wildman–Crippen MR) is 83.2 cm³/mol. The maximum atomic E-state index is 4.64. The first kappa shape index (κ1) is 14.6. The summed E-state index contributed by atoms with van der Waals surface area (Å²) < 4.78 is 2.06. The minimum absolute atomic E-state index is 0.730. The Balaban J connectivity index is 2.17. The molecule has 108 valence electrons. The Kier molecular flexibility index (Phi) is 4.77. The molecular formula is C16H24N4. The molecule has 0 aromatic carbocycles. The van der Waals surface area contributed by atoms with Crippen molar-refractivity contribution in [1.29, 1.82) is 0 Å². The summed E-state index contributed by atoms with van der Waals surface area (Å²) in [6.45, 7) is 10.2. The molecule has 0 radical (unpaired) electrons. The van der Waals surface area contributed by atoms with E-state index in [9.17, 15) is 0 Å². The highest BCUT2D eigenvalue weighted by Crippen LogP contribution is 2.15. The van der Waals surface area contributed by atoms with E-state index in [1.54, 1.807) is 0 Å². The molecule has 0 saturated carbocycles. The largest absolute Gasteiger partial charge is 0.370 e. The van der Waals surface area contributed by atoms with Gasteiger partial charge in [-0.25, -0.2) is 4.98 Å². The van der Waals surface area contributed by atoms with E-state index in [1.165, 1.54) is 11.3 Å². The summed E-state index contributed by atoms with van der Waals surface area (Å²) in [6, 6.07) is 6.11. The van der Waals surface area contributed by atoms with E-state index in [-0.39, 0.29) is 0 Å². The van der Waals surface area contributed by atoms with Crippen molar-refractivity contribution >= 4 is 5.82 Å². The zero-order valence-electron chi connectivity index (χ0n) is 12.9. The molecule has 2 rings (SSSR count). The lowest BCUT2D eigenvalue weighted by molar-refractivity contribution is 0.646. The zero-order valence-corrected chi connectivity index (χ0v) is 12.9. The zero-order chi connectivity index (χ0) is 14.5. The quantitative estimate of drug-likeness (QED) is 0.877. The van der Waals surface area contributed by atoms with Gasteiger partial charge in [0.05, 0.1) is 17.9 Å². The Morgan fingerprint density at radius 3 is 2.65 bits per heavy atom. The van der Waals surface area contributed by atoms with Gasteiger partial charge in [-0.3, -0.25) is 4.68 Å². The lowest BCUT2D eigenvalue weighted by atomic mass is 10.1. The van der Waals surface area contributed by atoms with Gasteiger partial charge in [-0.05, 0) is 44.4 Å². The SMILES string of the molecule is CCCNc1cccc(Cn2nc(C)c(CC)c2C)n1. The maximum Gasteiger partial charge on any atom is 0.126 e. The van der Waals surface area contributed by atoms with E-state index in [1.807, 2.05) is 12.1 Å². The molecule has 0 aliphatic carbocycles. The first-order valence-corrected chi connectivity index (χ1v) is 7.38. The van der Waals surface area contributed by atoms with Gasteiger partial charge in [-0.15, -0.1) is 0 Å². The van der Waals surface area contributed by atoms with Crippen LogP contribution in [0.5, 0.6) is 0 Å². The summed E-state index contributed by atoms with van der Waals surface area (Å²) in [6.07, 6.45) is 2.13. The summed E-state index contributed by atoms with van der Waals surface area (Å²) in [7, 11) is 0. The van der Waals surface area contributed by atoms with Gasteiger partial charge in [0.1, 0.15) is 5.82 Å². The molecule has 4 heteroatoms. The van der Waals surface area contributed by atoms with Crippen molar-refractivity contribution in [2.45, 2.75) is 47.1 Å². The highest BCUT2D eigenvalue weighted by Gasteiger charge is 2.10. The van der Waals surface area contributed by atoms with Crippen molar-refractivity contribution in [3.05, 3.63) is 40.8 Å². The number of aryl methyl sites for hydroxylation is 1. The summed E-state index contributed by atoms with van der Waals surface area (Å²) in [5.41, 5.74) is 4.77. The Morgan fingerprint density at radius 1 is 1.20 bits per heavy atom. The number of pyridine rings is 1. The molecule has 20 heavy (non-hydrogen) atoms. The lowest BCUT2D eigenvalue weighted by Gasteiger charge is -2.08. The average molecular weight is 272 g/mol. The Bertz CT molecular complexity index is 572. The lowest BCUT2D eigenvalue weighted by Crippen LogP contribution is -2.08. The van der Waals surface area contributed by atoms with Crippen LogP contribution in [-0.2, 0) is 13.0 Å². The molecule has 0 unspecified atom stereocenters. The van der Waals surface area contributed by atoms with Gasteiger partial charge < -0.3 is 5.32 Å². The third-order valence-electron chi connectivity index (χ3n) is 3.56. The van der Waals surface area contributed by atoms with Crippen LogP contribution in [0.15, 0.2) is 18.2 Å². The monoisotopic (exact) mass is 272 g/mol. The van der Waals surface area contributed by atoms with Crippen LogP contribution in [-0.4, -0.2) is 21.3 Å². The third-order valence-corrected chi connectivity index (χ3v) is 3.56. The van der Waals surface area contributed by atoms with Crippen LogP contribution in [0.4, 0.5) is 5.82 Å². The van der Waals surface area contributed by atoms with Crippen LogP contribution in [0.3, 0.4) is 0 Å². The van der Waals surface area contributed by atoms with Crippen molar-refractivity contribution in [3.63, 3.8) is 0 Å². The summed E-state index contributed by atoms with van der Waals surface area (Å²) >= 11 is 0. The number of nitrogens with zero attached hydrogens (tertiary/aromatic N) is 3. The number of hydrogen-bond acceptors (Lipinski definition) is 3. The molecule has 2 heterocycles. The maximum absolute atomic E-state index is 4.64. The highest BCUT2D eigenvalue weighted by atomic mass is 15.3. The molecule has 0 aliphatic rings. The summed E-state index contributed by atoms with van der Waals surface area (Å²) in [5.74, 6) is 0.946. The number of rotatable bonds is 6. The summed E-state index contributed by atoms with van der Waals surface area (Å²) in [5, 5.41) is 7.95. The average Bonchev–Trinajstić information content (AvgIpc) is 2.71. The van der Waals surface area contributed by atoms with Gasteiger partial charge in [0.25, 0.3) is 0 Å². The Morgan fingerprint density at radius 2 is 2.00 bits per heavy atom. The molecule has 0 amide bonds. The molecule has 0 saturated heterocycles. The number of aromatic nitrogens is 3. The second-order valence-corrected chi connectivity index (χ2v) is 5.10. The van der Waals surface area contributed by atoms with E-state index in [2.05, 4.69) is 53.8 Å². The van der Waals surface area contributed by atoms with Gasteiger partial charge in [0.2, 0.25) is 0 Å². The molecule has 2 aromatic rings. The molecule has 0 bridgehead atoms. The fourth-order valence-electron chi connectivity index (χ4n) is 2.47. The van der Waals surface area contributed by atoms with Crippen LogP contribution in [0.25, 0.3) is 0 Å². The number of anilines is 1. The van der Waals surface area contributed by atoms with E-state index < -0.39 is 0 Å². The number of nitrogens with one attached hydrogen (secondary N) is 1. The molecular weight excluding hydrogens is 248 g/mol. The second kappa shape index (κ2) is 6.55. The highest BCUT2D eigenvalue weighted by molar-refractivity contribution is 5.35. The van der Waals surface area contributed by atoms with Crippen LogP contribution in [0.2, 0.25) is 0 Å². The fraction of sp³-hybridized carbons (Fsp3) is 0.500. The standard InChI is InChI=1S/C16H24N4/c1-5-10-17-16-9-7-8-14(18-16)11-20-13(4)15(6-2)12(3)19-20/h7-9H,5-6,10-11H2,1-4H3,(H,17,18). The summed E-state index contributed by atoms with van der Waals surface area (Å²) in [4.78, 5) is 4.64.